The second-order valence-corrected chi connectivity index (χ2v) is 7.65. The fourth-order valence-electron chi connectivity index (χ4n) is 3.53. The second-order valence-electron chi connectivity index (χ2n) is 7.65. The van der Waals surface area contributed by atoms with Crippen LogP contribution < -0.4 is 5.32 Å². The predicted molar refractivity (Wildman–Crippen MR) is 105 cm³/mol. The summed E-state index contributed by atoms with van der Waals surface area (Å²) in [7, 11) is 0. The Hall–Kier alpha value is -3.76. The van der Waals surface area contributed by atoms with Gasteiger partial charge in [0.1, 0.15) is 16.7 Å². The van der Waals surface area contributed by atoms with Crippen molar-refractivity contribution in [3.05, 3.63) is 59.9 Å². The van der Waals surface area contributed by atoms with Crippen LogP contribution in [0.3, 0.4) is 0 Å². The summed E-state index contributed by atoms with van der Waals surface area (Å²) < 4.78 is 58.9. The molecular weight excluding hydrogens is 430 g/mol. The number of hydrogen-bond acceptors (Lipinski definition) is 5. The van der Waals surface area contributed by atoms with Crippen molar-refractivity contribution in [2.45, 2.75) is 30.9 Å². The average Bonchev–Trinajstić information content (AvgIpc) is 3.22. The Kier molecular flexibility index (Phi) is 4.50. The number of H-pyrrole nitrogens is 1. The van der Waals surface area contributed by atoms with Gasteiger partial charge in [-0.3, -0.25) is 4.79 Å². The molecule has 164 valence electrons. The molecule has 2 N–H and O–H groups in total. The molecule has 0 spiro atoms. The number of carbonyl (C=O) groups is 1. The molecule has 1 aliphatic rings. The van der Waals surface area contributed by atoms with Gasteiger partial charge in [-0.2, -0.15) is 13.2 Å². The molecule has 0 aliphatic heterocycles. The minimum atomic E-state index is -4.45. The molecule has 0 unspecified atom stereocenters. The lowest BCUT2D eigenvalue weighted by molar-refractivity contribution is -0.165. The highest BCUT2D eigenvalue weighted by molar-refractivity contribution is 5.91. The van der Waals surface area contributed by atoms with Crippen LogP contribution in [0.5, 0.6) is 0 Å². The van der Waals surface area contributed by atoms with Gasteiger partial charge in [0.25, 0.3) is 0 Å². The number of nitrogens with one attached hydrogen (secondary N) is 2. The van der Waals surface area contributed by atoms with E-state index in [1.165, 1.54) is 18.3 Å². The van der Waals surface area contributed by atoms with Crippen molar-refractivity contribution in [1.29, 1.82) is 0 Å². The predicted octanol–water partition coefficient (Wildman–Crippen LogP) is 4.53. The smallest absolute Gasteiger partial charge is 0.358 e. The molecule has 5 rings (SSSR count). The van der Waals surface area contributed by atoms with Crippen LogP contribution in [0, 0.1) is 5.82 Å². The van der Waals surface area contributed by atoms with Crippen LogP contribution in [0.25, 0.3) is 22.4 Å². The summed E-state index contributed by atoms with van der Waals surface area (Å²) in [5.74, 6) is -1.74. The average molecular weight is 445 g/mol. The molecule has 1 fully saturated rings. The number of amides is 1. The Balaban J connectivity index is 1.28. The summed E-state index contributed by atoms with van der Waals surface area (Å²) >= 11 is 0. The first-order chi connectivity index (χ1) is 15.2. The minimum Gasteiger partial charge on any atom is -0.358 e. The van der Waals surface area contributed by atoms with Gasteiger partial charge in [-0.15, -0.1) is 0 Å². The maximum Gasteiger partial charge on any atom is 0.401 e. The van der Waals surface area contributed by atoms with E-state index in [1.54, 1.807) is 18.3 Å². The van der Waals surface area contributed by atoms with Gasteiger partial charge in [-0.25, -0.2) is 14.4 Å². The van der Waals surface area contributed by atoms with Crippen molar-refractivity contribution in [2.75, 3.05) is 5.32 Å². The third kappa shape index (κ3) is 3.49. The lowest BCUT2D eigenvalue weighted by Gasteiger charge is -2.14. The molecule has 32 heavy (non-hydrogen) atoms. The van der Waals surface area contributed by atoms with Crippen molar-refractivity contribution in [3.63, 3.8) is 0 Å². The third-order valence-corrected chi connectivity index (χ3v) is 5.50. The molecule has 1 aromatic carbocycles. The molecule has 4 aromatic rings. The minimum absolute atomic E-state index is 0.0853. The zero-order valence-corrected chi connectivity index (χ0v) is 16.3. The Morgan fingerprint density at radius 3 is 2.75 bits per heavy atom. The first-order valence-electron chi connectivity index (χ1n) is 9.68. The number of nitrogens with zero attached hydrogens (tertiary/aromatic N) is 3. The fourth-order valence-corrected chi connectivity index (χ4v) is 3.53. The lowest BCUT2D eigenvalue weighted by Crippen LogP contribution is -2.28. The van der Waals surface area contributed by atoms with Crippen LogP contribution in [0.15, 0.2) is 47.2 Å². The van der Waals surface area contributed by atoms with Crippen molar-refractivity contribution < 1.29 is 26.9 Å². The van der Waals surface area contributed by atoms with E-state index in [2.05, 4.69) is 25.4 Å². The van der Waals surface area contributed by atoms with E-state index in [0.29, 0.717) is 22.4 Å². The molecule has 3 aromatic heterocycles. The second kappa shape index (κ2) is 7.14. The zero-order valence-electron chi connectivity index (χ0n) is 16.3. The Labute approximate surface area is 177 Å². The zero-order chi connectivity index (χ0) is 22.5. The van der Waals surface area contributed by atoms with Gasteiger partial charge in [0.05, 0.1) is 18.3 Å². The van der Waals surface area contributed by atoms with Crippen LogP contribution in [-0.4, -0.2) is 32.2 Å². The molecule has 0 bridgehead atoms. The fraction of sp³-hybridized carbons (Fsp3) is 0.238. The Bertz CT molecular complexity index is 1320. The maximum absolute atomic E-state index is 14.6. The summed E-state index contributed by atoms with van der Waals surface area (Å²) in [4.78, 5) is 23.8. The van der Waals surface area contributed by atoms with Crippen LogP contribution in [0.4, 0.5) is 23.4 Å². The van der Waals surface area contributed by atoms with Crippen LogP contribution >= 0.6 is 0 Å². The molecular formula is C21H15F4N5O2. The van der Waals surface area contributed by atoms with Gasteiger partial charge in [-0.05, 0) is 30.5 Å². The summed E-state index contributed by atoms with van der Waals surface area (Å²) in [6, 6.07) is 7.12. The van der Waals surface area contributed by atoms with E-state index in [4.69, 9.17) is 4.52 Å². The molecule has 3 heterocycles. The number of benzene rings is 1. The maximum atomic E-state index is 14.6. The van der Waals surface area contributed by atoms with E-state index >= 15 is 0 Å². The number of carbonyl (C=O) groups excluding carboxylic acids is 1. The molecule has 0 atom stereocenters. The summed E-state index contributed by atoms with van der Waals surface area (Å²) in [6.07, 6.45) is -1.75. The number of anilines is 1. The van der Waals surface area contributed by atoms with E-state index in [0.717, 1.165) is 6.07 Å². The quantitative estimate of drug-likeness (QED) is 0.440. The lowest BCUT2D eigenvalue weighted by atomic mass is 10.0. The molecule has 7 nitrogen and oxygen atoms in total. The van der Waals surface area contributed by atoms with E-state index < -0.39 is 23.3 Å². The van der Waals surface area contributed by atoms with Gasteiger partial charge in [0.2, 0.25) is 5.91 Å². The summed E-state index contributed by atoms with van der Waals surface area (Å²) in [6.45, 7) is 0. The number of aromatic amines is 1. The van der Waals surface area contributed by atoms with E-state index in [-0.39, 0.29) is 36.4 Å². The standard InChI is InChI=1S/C21H15F4N5O2/c22-13-7-12(15-10-27-19-14(28-15)3-6-26-19)2-1-11(13)8-18(31)29-17-9-16(32-30-17)20(4-5-20)21(23,24)25/h1-3,6-7,9-10H,4-5,8H2,(H,26,27)(H,29,30,31). The molecule has 1 aliphatic carbocycles. The normalized spacial score (nSPS) is 15.1. The van der Waals surface area contributed by atoms with E-state index in [9.17, 15) is 22.4 Å². The van der Waals surface area contributed by atoms with Gasteiger partial charge in [0, 0.05) is 17.8 Å². The summed E-state index contributed by atoms with van der Waals surface area (Å²) in [5, 5.41) is 5.84. The van der Waals surface area contributed by atoms with Gasteiger partial charge >= 0.3 is 6.18 Å². The van der Waals surface area contributed by atoms with Crippen LogP contribution in [0.1, 0.15) is 24.2 Å². The third-order valence-electron chi connectivity index (χ3n) is 5.50. The Morgan fingerprint density at radius 1 is 1.22 bits per heavy atom. The molecule has 0 radical (unpaired) electrons. The number of rotatable bonds is 5. The number of hydrogen-bond donors (Lipinski definition) is 2. The molecule has 1 saturated carbocycles. The molecule has 11 heteroatoms. The highest BCUT2D eigenvalue weighted by Gasteiger charge is 2.66. The van der Waals surface area contributed by atoms with Crippen LogP contribution in [0.2, 0.25) is 0 Å². The number of alkyl halides is 3. The monoisotopic (exact) mass is 445 g/mol. The summed E-state index contributed by atoms with van der Waals surface area (Å²) in [5.41, 5.74) is 0.293. The largest absolute Gasteiger partial charge is 0.401 e. The topological polar surface area (TPSA) is 96.7 Å². The van der Waals surface area contributed by atoms with Crippen LogP contribution in [-0.2, 0) is 16.6 Å². The number of fused-ring (bicyclic) bond motifs is 1. The molecule has 0 saturated heterocycles. The van der Waals surface area contributed by atoms with Gasteiger partial charge < -0.3 is 14.8 Å². The first kappa shape index (κ1) is 20.2. The van der Waals surface area contributed by atoms with Gasteiger partial charge in [0.15, 0.2) is 17.2 Å². The highest BCUT2D eigenvalue weighted by atomic mass is 19.4. The van der Waals surface area contributed by atoms with E-state index in [1.807, 2.05) is 0 Å². The highest BCUT2D eigenvalue weighted by Crippen LogP contribution is 2.59. The van der Waals surface area contributed by atoms with Crippen molar-refractivity contribution in [2.24, 2.45) is 0 Å². The number of halogens is 4. The SMILES string of the molecule is O=C(Cc1ccc(-c2cnc3[nH]ccc3n2)cc1F)Nc1cc(C2(C(F)(F)F)CC2)on1. The molecule has 1 amide bonds. The van der Waals surface area contributed by atoms with Crippen molar-refractivity contribution >= 4 is 22.9 Å². The van der Waals surface area contributed by atoms with Crippen molar-refractivity contribution in [1.82, 2.24) is 20.1 Å². The first-order valence-corrected chi connectivity index (χ1v) is 9.68. The Morgan fingerprint density at radius 2 is 2.03 bits per heavy atom. The van der Waals surface area contributed by atoms with Gasteiger partial charge in [-0.1, -0.05) is 17.3 Å². The van der Waals surface area contributed by atoms with Crippen molar-refractivity contribution in [3.8, 4) is 11.3 Å². The number of aromatic nitrogens is 4.